The lowest BCUT2D eigenvalue weighted by atomic mass is 10.1. The van der Waals surface area contributed by atoms with Crippen LogP contribution in [0.1, 0.15) is 13.3 Å². The molecule has 1 radical (unpaired) electrons. The molecule has 0 heterocycles. The molecular formula is C6H9O2. The van der Waals surface area contributed by atoms with Gasteiger partial charge in [-0.2, -0.15) is 0 Å². The predicted molar refractivity (Wildman–Crippen MR) is 29.5 cm³/mol. The fourth-order valence-electron chi connectivity index (χ4n) is 0.246. The standard InChI is InChI=1S/C6H9O2/c1-3-4-6(2,8)5-7/h7-8H,4-5H2,2H3. The minimum Gasteiger partial charge on any atom is -0.393 e. The molecule has 0 aliphatic carbocycles. The fourth-order valence-corrected chi connectivity index (χ4v) is 0.246. The van der Waals surface area contributed by atoms with E-state index in [1.54, 1.807) is 0 Å². The summed E-state index contributed by atoms with van der Waals surface area (Å²) >= 11 is 0. The molecule has 2 nitrogen and oxygen atoms in total. The first-order valence-electron chi connectivity index (χ1n) is 2.35. The molecule has 0 amide bonds. The molecule has 1 unspecified atom stereocenters. The predicted octanol–water partition coefficient (Wildman–Crippen LogP) is -0.290. The summed E-state index contributed by atoms with van der Waals surface area (Å²) in [5.74, 6) is 2.00. The van der Waals surface area contributed by atoms with Crippen molar-refractivity contribution >= 4 is 0 Å². The van der Waals surface area contributed by atoms with Crippen molar-refractivity contribution in [1.29, 1.82) is 0 Å². The maximum atomic E-state index is 8.89. The maximum absolute atomic E-state index is 8.89. The largest absolute Gasteiger partial charge is 0.393 e. The van der Waals surface area contributed by atoms with Crippen molar-refractivity contribution in [1.82, 2.24) is 0 Å². The lowest BCUT2D eigenvalue weighted by Crippen LogP contribution is -2.27. The maximum Gasteiger partial charge on any atom is 0.0958 e. The van der Waals surface area contributed by atoms with Gasteiger partial charge in [-0.25, -0.2) is 0 Å². The van der Waals surface area contributed by atoms with E-state index in [1.807, 2.05) is 5.92 Å². The van der Waals surface area contributed by atoms with Crippen LogP contribution in [0, 0.1) is 12.3 Å². The molecule has 1 atom stereocenters. The van der Waals surface area contributed by atoms with Gasteiger partial charge in [-0.3, -0.25) is 0 Å². The molecule has 0 rings (SSSR count). The Kier molecular flexibility index (Phi) is 2.53. The van der Waals surface area contributed by atoms with Crippen molar-refractivity contribution in [2.24, 2.45) is 0 Å². The van der Waals surface area contributed by atoms with Crippen molar-refractivity contribution in [2.75, 3.05) is 6.61 Å². The summed E-state index contributed by atoms with van der Waals surface area (Å²) in [5, 5.41) is 17.2. The van der Waals surface area contributed by atoms with Crippen LogP contribution in [-0.4, -0.2) is 22.4 Å². The molecular weight excluding hydrogens is 104 g/mol. The van der Waals surface area contributed by atoms with E-state index in [1.165, 1.54) is 6.92 Å². The van der Waals surface area contributed by atoms with Crippen LogP contribution in [0.25, 0.3) is 0 Å². The van der Waals surface area contributed by atoms with E-state index in [9.17, 15) is 0 Å². The third-order valence-corrected chi connectivity index (χ3v) is 0.810. The van der Waals surface area contributed by atoms with Crippen molar-refractivity contribution < 1.29 is 10.2 Å². The summed E-state index contributed by atoms with van der Waals surface area (Å²) < 4.78 is 0. The van der Waals surface area contributed by atoms with E-state index in [4.69, 9.17) is 16.6 Å². The highest BCUT2D eigenvalue weighted by Gasteiger charge is 2.16. The summed E-state index contributed by atoms with van der Waals surface area (Å²) in [5.41, 5.74) is -1.15. The molecule has 0 aliphatic rings. The Hall–Kier alpha value is -0.520. The fraction of sp³-hybridized carbons (Fsp3) is 0.667. The zero-order chi connectivity index (χ0) is 6.62. The molecule has 2 N–H and O–H groups in total. The Morgan fingerprint density at radius 3 is 2.38 bits per heavy atom. The van der Waals surface area contributed by atoms with Crippen LogP contribution < -0.4 is 0 Å². The van der Waals surface area contributed by atoms with Gasteiger partial charge in [0.1, 0.15) is 0 Å². The minimum atomic E-state index is -1.15. The molecule has 0 aliphatic heterocycles. The molecule has 0 aromatic rings. The van der Waals surface area contributed by atoms with E-state index in [0.29, 0.717) is 0 Å². The number of aliphatic hydroxyl groups excluding tert-OH is 1. The molecule has 0 spiro atoms. The summed E-state index contributed by atoms with van der Waals surface area (Å²) in [6, 6.07) is 0. The third-order valence-electron chi connectivity index (χ3n) is 0.810. The van der Waals surface area contributed by atoms with Crippen LogP contribution in [0.15, 0.2) is 0 Å². The molecule has 45 valence electrons. The zero-order valence-corrected chi connectivity index (χ0v) is 4.81. The number of hydrogen-bond donors (Lipinski definition) is 2. The zero-order valence-electron chi connectivity index (χ0n) is 4.81. The Morgan fingerprint density at radius 1 is 1.75 bits per heavy atom. The van der Waals surface area contributed by atoms with Crippen LogP contribution >= 0.6 is 0 Å². The Bertz CT molecular complexity index is 99.6. The highest BCUT2D eigenvalue weighted by Crippen LogP contribution is 2.04. The molecule has 0 saturated heterocycles. The quantitative estimate of drug-likeness (QED) is 0.483. The Balaban J connectivity index is 3.58. The molecule has 0 aromatic carbocycles. The first-order chi connectivity index (χ1) is 3.62. The van der Waals surface area contributed by atoms with E-state index < -0.39 is 5.60 Å². The van der Waals surface area contributed by atoms with E-state index >= 15 is 0 Å². The second kappa shape index (κ2) is 2.71. The highest BCUT2D eigenvalue weighted by atomic mass is 16.3. The van der Waals surface area contributed by atoms with Gasteiger partial charge in [-0.1, -0.05) is 5.92 Å². The number of rotatable bonds is 2. The van der Waals surface area contributed by atoms with Crippen LogP contribution in [0.4, 0.5) is 0 Å². The van der Waals surface area contributed by atoms with Crippen LogP contribution in [-0.2, 0) is 0 Å². The van der Waals surface area contributed by atoms with Gasteiger partial charge < -0.3 is 10.2 Å². The van der Waals surface area contributed by atoms with Crippen LogP contribution in [0.2, 0.25) is 0 Å². The normalized spacial score (nSPS) is 16.8. The van der Waals surface area contributed by atoms with Gasteiger partial charge in [0.05, 0.1) is 12.2 Å². The lowest BCUT2D eigenvalue weighted by molar-refractivity contribution is 0.00627. The number of aliphatic hydroxyl groups is 2. The van der Waals surface area contributed by atoms with Crippen molar-refractivity contribution in [3.05, 3.63) is 6.42 Å². The molecule has 0 bridgehead atoms. The Morgan fingerprint density at radius 2 is 2.25 bits per heavy atom. The van der Waals surface area contributed by atoms with E-state index in [-0.39, 0.29) is 13.0 Å². The Labute approximate surface area is 49.2 Å². The lowest BCUT2D eigenvalue weighted by Gasteiger charge is -2.15. The van der Waals surface area contributed by atoms with E-state index in [2.05, 4.69) is 0 Å². The minimum absolute atomic E-state index is 0.0868. The third kappa shape index (κ3) is 2.62. The molecule has 8 heavy (non-hydrogen) atoms. The first kappa shape index (κ1) is 7.48. The summed E-state index contributed by atoms with van der Waals surface area (Å²) in [6.45, 7) is 1.13. The van der Waals surface area contributed by atoms with Gasteiger partial charge in [0.25, 0.3) is 0 Å². The van der Waals surface area contributed by atoms with E-state index in [0.717, 1.165) is 0 Å². The van der Waals surface area contributed by atoms with Gasteiger partial charge in [0.15, 0.2) is 0 Å². The van der Waals surface area contributed by atoms with Gasteiger partial charge >= 0.3 is 0 Å². The second-order valence-corrected chi connectivity index (χ2v) is 2.01. The highest BCUT2D eigenvalue weighted by molar-refractivity contribution is 4.87. The van der Waals surface area contributed by atoms with Gasteiger partial charge in [0.2, 0.25) is 0 Å². The summed E-state index contributed by atoms with van der Waals surface area (Å²) in [4.78, 5) is 0. The smallest absolute Gasteiger partial charge is 0.0958 e. The first-order valence-corrected chi connectivity index (χ1v) is 2.35. The topological polar surface area (TPSA) is 40.5 Å². The SMILES string of the molecule is [C]#CCC(C)(O)CO. The average Bonchev–Trinajstić information content (AvgIpc) is 1.67. The second-order valence-electron chi connectivity index (χ2n) is 2.01. The van der Waals surface area contributed by atoms with Crippen LogP contribution in [0.3, 0.4) is 0 Å². The van der Waals surface area contributed by atoms with Gasteiger partial charge in [0, 0.05) is 6.42 Å². The molecule has 0 fully saturated rings. The monoisotopic (exact) mass is 113 g/mol. The summed E-state index contributed by atoms with van der Waals surface area (Å²) in [6.07, 6.45) is 6.53. The number of hydrogen-bond acceptors (Lipinski definition) is 2. The average molecular weight is 113 g/mol. The van der Waals surface area contributed by atoms with Gasteiger partial charge in [-0.05, 0) is 13.3 Å². The molecule has 2 heteroatoms. The molecule has 0 aromatic heterocycles. The van der Waals surface area contributed by atoms with Crippen molar-refractivity contribution in [3.63, 3.8) is 0 Å². The molecule has 0 saturated carbocycles. The summed E-state index contributed by atoms with van der Waals surface area (Å²) in [7, 11) is 0. The van der Waals surface area contributed by atoms with Crippen molar-refractivity contribution in [3.8, 4) is 5.92 Å². The van der Waals surface area contributed by atoms with Crippen LogP contribution in [0.5, 0.6) is 0 Å². The van der Waals surface area contributed by atoms with Crippen molar-refractivity contribution in [2.45, 2.75) is 18.9 Å². The van der Waals surface area contributed by atoms with Gasteiger partial charge in [-0.15, -0.1) is 0 Å².